The first kappa shape index (κ1) is 17.0. The van der Waals surface area contributed by atoms with Gasteiger partial charge >= 0.3 is 0 Å². The van der Waals surface area contributed by atoms with Crippen molar-refractivity contribution in [3.05, 3.63) is 58.7 Å². The average molecular weight is 357 g/mol. The van der Waals surface area contributed by atoms with Gasteiger partial charge in [0, 0.05) is 10.4 Å². The average Bonchev–Trinajstić information content (AvgIpc) is 2.90. The number of rotatable bonds is 5. The highest BCUT2D eigenvalue weighted by Gasteiger charge is 2.10. The molecule has 0 aliphatic rings. The molecule has 0 aliphatic heterocycles. The number of benzene rings is 2. The van der Waals surface area contributed by atoms with Crippen molar-refractivity contribution >= 4 is 34.6 Å². The van der Waals surface area contributed by atoms with E-state index in [1.807, 2.05) is 43.3 Å². The SMILES string of the molecule is COc1ccc(/C=N\NC(=O)Cn2nc(C)c3ccc(Cl)cc32)cc1. The molecule has 3 aromatic rings. The Morgan fingerprint density at radius 3 is 2.80 bits per heavy atom. The summed E-state index contributed by atoms with van der Waals surface area (Å²) in [5.41, 5.74) is 5.02. The first-order valence-corrected chi connectivity index (χ1v) is 8.03. The number of ether oxygens (including phenoxy) is 1. The molecule has 3 rings (SSSR count). The van der Waals surface area contributed by atoms with Crippen LogP contribution in [0.5, 0.6) is 5.75 Å². The third kappa shape index (κ3) is 3.97. The van der Waals surface area contributed by atoms with E-state index < -0.39 is 0 Å². The second-order valence-electron chi connectivity index (χ2n) is 5.47. The predicted octanol–water partition coefficient (Wildman–Crippen LogP) is 3.16. The number of aryl methyl sites for hydroxylation is 1. The summed E-state index contributed by atoms with van der Waals surface area (Å²) in [6.45, 7) is 1.96. The molecular formula is C18H17ClN4O2. The zero-order chi connectivity index (χ0) is 17.8. The molecule has 0 fully saturated rings. The fraction of sp³-hybridized carbons (Fsp3) is 0.167. The third-order valence-corrected chi connectivity index (χ3v) is 3.95. The lowest BCUT2D eigenvalue weighted by Crippen LogP contribution is -2.23. The Hall–Kier alpha value is -2.86. The standard InChI is InChI=1S/C18H17ClN4O2/c1-12-16-8-5-14(19)9-17(16)23(22-12)11-18(24)21-20-10-13-3-6-15(25-2)7-4-13/h3-10H,11H2,1-2H3,(H,21,24)/b20-10-. The molecule has 0 bridgehead atoms. The molecule has 1 aromatic heterocycles. The molecule has 6 nitrogen and oxygen atoms in total. The van der Waals surface area contributed by atoms with E-state index in [1.165, 1.54) is 0 Å². The number of aromatic nitrogens is 2. The van der Waals surface area contributed by atoms with E-state index in [2.05, 4.69) is 15.6 Å². The highest BCUT2D eigenvalue weighted by atomic mass is 35.5. The van der Waals surface area contributed by atoms with E-state index >= 15 is 0 Å². The van der Waals surface area contributed by atoms with Crippen molar-refractivity contribution in [3.63, 3.8) is 0 Å². The minimum Gasteiger partial charge on any atom is -0.497 e. The second-order valence-corrected chi connectivity index (χ2v) is 5.91. The first-order valence-electron chi connectivity index (χ1n) is 7.65. The van der Waals surface area contributed by atoms with Crippen LogP contribution in [0.4, 0.5) is 0 Å². The summed E-state index contributed by atoms with van der Waals surface area (Å²) < 4.78 is 6.71. The van der Waals surface area contributed by atoms with Gasteiger partial charge in [-0.25, -0.2) is 5.43 Å². The molecule has 25 heavy (non-hydrogen) atoms. The number of carbonyl (C=O) groups excluding carboxylic acids is 1. The van der Waals surface area contributed by atoms with Crippen LogP contribution in [-0.4, -0.2) is 29.0 Å². The number of hydrogen-bond acceptors (Lipinski definition) is 4. The lowest BCUT2D eigenvalue weighted by atomic mass is 10.2. The van der Waals surface area contributed by atoms with Crippen LogP contribution in [0.25, 0.3) is 10.9 Å². The number of hydrogen-bond donors (Lipinski definition) is 1. The summed E-state index contributed by atoms with van der Waals surface area (Å²) in [5, 5.41) is 9.93. The number of fused-ring (bicyclic) bond motifs is 1. The van der Waals surface area contributed by atoms with E-state index in [0.717, 1.165) is 27.9 Å². The molecular weight excluding hydrogens is 340 g/mol. The molecule has 0 saturated carbocycles. The molecule has 0 atom stereocenters. The van der Waals surface area contributed by atoms with Crippen LogP contribution in [0.2, 0.25) is 5.02 Å². The molecule has 0 unspecified atom stereocenters. The van der Waals surface area contributed by atoms with Gasteiger partial charge in [0.2, 0.25) is 0 Å². The molecule has 0 saturated heterocycles. The minimum atomic E-state index is -0.269. The topological polar surface area (TPSA) is 68.5 Å². The van der Waals surface area contributed by atoms with Crippen LogP contribution >= 0.6 is 11.6 Å². The van der Waals surface area contributed by atoms with Gasteiger partial charge in [0.15, 0.2) is 0 Å². The van der Waals surface area contributed by atoms with E-state index in [1.54, 1.807) is 24.1 Å². The van der Waals surface area contributed by atoms with Crippen LogP contribution in [0.3, 0.4) is 0 Å². The van der Waals surface area contributed by atoms with Crippen LogP contribution in [0, 0.1) is 6.92 Å². The number of nitrogens with zero attached hydrogens (tertiary/aromatic N) is 3. The molecule has 1 heterocycles. The smallest absolute Gasteiger partial charge is 0.261 e. The van der Waals surface area contributed by atoms with E-state index in [4.69, 9.17) is 16.3 Å². The van der Waals surface area contributed by atoms with Crippen LogP contribution in [-0.2, 0) is 11.3 Å². The highest BCUT2D eigenvalue weighted by Crippen LogP contribution is 2.22. The summed E-state index contributed by atoms with van der Waals surface area (Å²) in [5.74, 6) is 0.495. The van der Waals surface area contributed by atoms with Gasteiger partial charge in [-0.1, -0.05) is 11.6 Å². The number of carbonyl (C=O) groups is 1. The summed E-state index contributed by atoms with van der Waals surface area (Å²) in [6, 6.07) is 12.8. The highest BCUT2D eigenvalue weighted by molar-refractivity contribution is 6.31. The van der Waals surface area contributed by atoms with Gasteiger partial charge in [-0.2, -0.15) is 10.2 Å². The maximum Gasteiger partial charge on any atom is 0.261 e. The van der Waals surface area contributed by atoms with Gasteiger partial charge < -0.3 is 4.74 Å². The summed E-state index contributed by atoms with van der Waals surface area (Å²) >= 11 is 6.04. The maximum atomic E-state index is 12.1. The van der Waals surface area contributed by atoms with Crippen molar-refractivity contribution in [2.45, 2.75) is 13.5 Å². The number of nitrogens with one attached hydrogen (secondary N) is 1. The van der Waals surface area contributed by atoms with Crippen LogP contribution in [0.1, 0.15) is 11.3 Å². The molecule has 0 spiro atoms. The van der Waals surface area contributed by atoms with Gasteiger partial charge in [0.05, 0.1) is 24.5 Å². The van der Waals surface area contributed by atoms with Gasteiger partial charge in [0.1, 0.15) is 12.3 Å². The predicted molar refractivity (Wildman–Crippen MR) is 98.2 cm³/mol. The normalized spacial score (nSPS) is 11.2. The summed E-state index contributed by atoms with van der Waals surface area (Å²) in [6.07, 6.45) is 1.57. The zero-order valence-electron chi connectivity index (χ0n) is 13.9. The molecule has 1 amide bonds. The van der Waals surface area contributed by atoms with Crippen molar-refractivity contribution in [2.24, 2.45) is 5.10 Å². The Balaban J connectivity index is 1.66. The first-order chi connectivity index (χ1) is 12.1. The van der Waals surface area contributed by atoms with Gasteiger partial charge in [-0.05, 0) is 55.0 Å². The van der Waals surface area contributed by atoms with E-state index in [-0.39, 0.29) is 12.5 Å². The molecule has 0 aliphatic carbocycles. The van der Waals surface area contributed by atoms with E-state index in [9.17, 15) is 4.79 Å². The van der Waals surface area contributed by atoms with Crippen molar-refractivity contribution in [2.75, 3.05) is 7.11 Å². The Kier molecular flexibility index (Phi) is 5.00. The van der Waals surface area contributed by atoms with Crippen molar-refractivity contribution < 1.29 is 9.53 Å². The van der Waals surface area contributed by atoms with Gasteiger partial charge in [-0.3, -0.25) is 9.48 Å². The molecule has 1 N–H and O–H groups in total. The summed E-state index contributed by atoms with van der Waals surface area (Å²) in [4.78, 5) is 12.1. The number of amides is 1. The molecule has 2 aromatic carbocycles. The monoisotopic (exact) mass is 356 g/mol. The van der Waals surface area contributed by atoms with Crippen molar-refractivity contribution in [1.29, 1.82) is 0 Å². The maximum absolute atomic E-state index is 12.1. The second kappa shape index (κ2) is 7.36. The van der Waals surface area contributed by atoms with Crippen LogP contribution < -0.4 is 10.2 Å². The van der Waals surface area contributed by atoms with Crippen molar-refractivity contribution in [3.8, 4) is 5.75 Å². The van der Waals surface area contributed by atoms with Crippen LogP contribution in [0.15, 0.2) is 47.6 Å². The zero-order valence-corrected chi connectivity index (χ0v) is 14.6. The number of halogens is 1. The molecule has 7 heteroatoms. The lowest BCUT2D eigenvalue weighted by Gasteiger charge is -2.03. The lowest BCUT2D eigenvalue weighted by molar-refractivity contribution is -0.121. The van der Waals surface area contributed by atoms with E-state index in [0.29, 0.717) is 5.02 Å². The number of methoxy groups -OCH3 is 1. The summed E-state index contributed by atoms with van der Waals surface area (Å²) in [7, 11) is 1.61. The van der Waals surface area contributed by atoms with Crippen molar-refractivity contribution in [1.82, 2.24) is 15.2 Å². The largest absolute Gasteiger partial charge is 0.497 e. The Morgan fingerprint density at radius 2 is 2.08 bits per heavy atom. The Bertz CT molecular complexity index is 932. The third-order valence-electron chi connectivity index (χ3n) is 3.71. The van der Waals surface area contributed by atoms with Gasteiger partial charge in [0.25, 0.3) is 5.91 Å². The fourth-order valence-corrected chi connectivity index (χ4v) is 2.64. The Labute approximate surface area is 150 Å². The molecule has 128 valence electrons. The number of hydrazone groups is 1. The minimum absolute atomic E-state index is 0.0602. The quantitative estimate of drug-likeness (QED) is 0.564. The Morgan fingerprint density at radius 1 is 1.32 bits per heavy atom. The molecule has 0 radical (unpaired) electrons. The van der Waals surface area contributed by atoms with Gasteiger partial charge in [-0.15, -0.1) is 0 Å². The fourth-order valence-electron chi connectivity index (χ4n) is 2.47.